The van der Waals surface area contributed by atoms with Crippen molar-refractivity contribution in [1.82, 2.24) is 15.5 Å². The highest BCUT2D eigenvalue weighted by Crippen LogP contribution is 2.23. The number of halogens is 1. The largest absolute Gasteiger partial charge is 0.347 e. The lowest BCUT2D eigenvalue weighted by Gasteiger charge is -2.04. The second kappa shape index (κ2) is 7.51. The van der Waals surface area contributed by atoms with Crippen molar-refractivity contribution >= 4 is 17.2 Å². The molecule has 0 saturated carbocycles. The molecule has 0 aliphatic carbocycles. The van der Waals surface area contributed by atoms with Gasteiger partial charge in [-0.05, 0) is 47.8 Å². The van der Waals surface area contributed by atoms with E-state index in [9.17, 15) is 9.18 Å². The maximum absolute atomic E-state index is 13.3. The van der Waals surface area contributed by atoms with E-state index in [1.807, 2.05) is 17.5 Å². The van der Waals surface area contributed by atoms with Crippen molar-refractivity contribution in [3.8, 4) is 22.8 Å². The molecular weight excluding hydrogens is 365 g/mol. The first-order valence-electron chi connectivity index (χ1n) is 8.20. The molecule has 27 heavy (non-hydrogen) atoms. The predicted molar refractivity (Wildman–Crippen MR) is 101 cm³/mol. The highest BCUT2D eigenvalue weighted by Gasteiger charge is 2.12. The quantitative estimate of drug-likeness (QED) is 0.553. The number of aromatic nitrogens is 2. The molecule has 2 aromatic carbocycles. The molecule has 0 spiro atoms. The third-order valence-corrected chi connectivity index (χ3v) is 4.78. The fraction of sp³-hybridized carbons (Fsp3) is 0.0500. The normalized spacial score (nSPS) is 10.7. The third kappa shape index (κ3) is 3.93. The Morgan fingerprint density at radius 3 is 2.67 bits per heavy atom. The van der Waals surface area contributed by atoms with Crippen LogP contribution in [0.25, 0.3) is 22.8 Å². The summed E-state index contributed by atoms with van der Waals surface area (Å²) in [7, 11) is 0. The van der Waals surface area contributed by atoms with Crippen molar-refractivity contribution in [3.05, 3.63) is 82.3 Å². The van der Waals surface area contributed by atoms with Crippen LogP contribution in [0.3, 0.4) is 0 Å². The van der Waals surface area contributed by atoms with Gasteiger partial charge >= 0.3 is 0 Å². The van der Waals surface area contributed by atoms with Gasteiger partial charge in [-0.25, -0.2) is 4.39 Å². The minimum Gasteiger partial charge on any atom is -0.347 e. The van der Waals surface area contributed by atoms with Crippen LogP contribution in [-0.4, -0.2) is 16.0 Å². The second-order valence-corrected chi connectivity index (χ2v) is 6.81. The molecule has 5 nitrogen and oxygen atoms in total. The van der Waals surface area contributed by atoms with E-state index >= 15 is 0 Å². The third-order valence-electron chi connectivity index (χ3n) is 3.91. The van der Waals surface area contributed by atoms with Gasteiger partial charge in [-0.15, -0.1) is 11.3 Å². The molecule has 134 valence electrons. The monoisotopic (exact) mass is 379 g/mol. The fourth-order valence-corrected chi connectivity index (χ4v) is 3.18. The standard InChI is InChI=1S/C20H14FN3O2S/c21-16-4-1-3-15(11-16)18-23-20(26-24-18)14-8-6-13(7-9-14)19(25)22-12-17-5-2-10-27-17/h1-11H,12H2,(H,22,25). The predicted octanol–water partition coefficient (Wildman–Crippen LogP) is 4.53. The molecule has 0 aliphatic heterocycles. The summed E-state index contributed by atoms with van der Waals surface area (Å²) in [5, 5.41) is 8.74. The molecule has 0 fully saturated rings. The van der Waals surface area contributed by atoms with Crippen LogP contribution in [0.15, 0.2) is 70.6 Å². The Hall–Kier alpha value is -3.32. The Balaban J connectivity index is 1.47. The van der Waals surface area contributed by atoms with E-state index in [0.29, 0.717) is 35.0 Å². The lowest BCUT2D eigenvalue weighted by Crippen LogP contribution is -2.22. The number of thiophene rings is 1. The number of rotatable bonds is 5. The molecule has 0 aliphatic rings. The summed E-state index contributed by atoms with van der Waals surface area (Å²) in [6, 6.07) is 16.8. The first-order valence-corrected chi connectivity index (χ1v) is 9.08. The van der Waals surface area contributed by atoms with Gasteiger partial charge < -0.3 is 9.84 Å². The Bertz CT molecular complexity index is 1060. The second-order valence-electron chi connectivity index (χ2n) is 5.77. The number of hydrogen-bond acceptors (Lipinski definition) is 5. The highest BCUT2D eigenvalue weighted by molar-refractivity contribution is 7.09. The summed E-state index contributed by atoms with van der Waals surface area (Å²) in [6.07, 6.45) is 0. The minimum absolute atomic E-state index is 0.152. The number of benzene rings is 2. The lowest BCUT2D eigenvalue weighted by molar-refractivity contribution is 0.0951. The van der Waals surface area contributed by atoms with Gasteiger partial charge in [0.1, 0.15) is 5.82 Å². The van der Waals surface area contributed by atoms with Crippen molar-refractivity contribution in [2.45, 2.75) is 6.54 Å². The van der Waals surface area contributed by atoms with Crippen molar-refractivity contribution in [3.63, 3.8) is 0 Å². The maximum Gasteiger partial charge on any atom is 0.258 e. The van der Waals surface area contributed by atoms with Crippen molar-refractivity contribution < 1.29 is 13.7 Å². The Morgan fingerprint density at radius 1 is 1.07 bits per heavy atom. The molecule has 0 radical (unpaired) electrons. The summed E-state index contributed by atoms with van der Waals surface area (Å²) in [4.78, 5) is 17.6. The van der Waals surface area contributed by atoms with Gasteiger partial charge in [0, 0.05) is 21.6 Å². The van der Waals surface area contributed by atoms with Crippen LogP contribution in [0.4, 0.5) is 4.39 Å². The minimum atomic E-state index is -0.364. The number of carbonyl (C=O) groups excluding carboxylic acids is 1. The number of nitrogens with one attached hydrogen (secondary N) is 1. The smallest absolute Gasteiger partial charge is 0.258 e. The van der Waals surface area contributed by atoms with Crippen molar-refractivity contribution in [1.29, 1.82) is 0 Å². The van der Waals surface area contributed by atoms with Crippen LogP contribution in [-0.2, 0) is 6.54 Å². The van der Waals surface area contributed by atoms with Crippen LogP contribution >= 0.6 is 11.3 Å². The average Bonchev–Trinajstić information content (AvgIpc) is 3.38. The van der Waals surface area contributed by atoms with Crippen LogP contribution in [0, 0.1) is 5.82 Å². The van der Waals surface area contributed by atoms with E-state index in [4.69, 9.17) is 4.52 Å². The van der Waals surface area contributed by atoms with Crippen LogP contribution in [0.5, 0.6) is 0 Å². The summed E-state index contributed by atoms with van der Waals surface area (Å²) >= 11 is 1.60. The Labute approximate surface area is 158 Å². The van der Waals surface area contributed by atoms with E-state index < -0.39 is 0 Å². The maximum atomic E-state index is 13.3. The first-order chi connectivity index (χ1) is 13.2. The Morgan fingerprint density at radius 2 is 1.93 bits per heavy atom. The van der Waals surface area contributed by atoms with Crippen molar-refractivity contribution in [2.24, 2.45) is 0 Å². The fourth-order valence-electron chi connectivity index (χ4n) is 2.53. The molecule has 4 rings (SSSR count). The van der Waals surface area contributed by atoms with E-state index in [2.05, 4.69) is 15.5 Å². The Kier molecular flexibility index (Phi) is 4.76. The summed E-state index contributed by atoms with van der Waals surface area (Å²) in [6.45, 7) is 0.499. The van der Waals surface area contributed by atoms with E-state index in [1.165, 1.54) is 12.1 Å². The zero-order valence-electron chi connectivity index (χ0n) is 14.1. The van der Waals surface area contributed by atoms with Crippen LogP contribution in [0.1, 0.15) is 15.2 Å². The zero-order chi connectivity index (χ0) is 18.6. The van der Waals surface area contributed by atoms with Gasteiger partial charge in [0.25, 0.3) is 11.8 Å². The molecule has 4 aromatic rings. The number of carbonyl (C=O) groups is 1. The summed E-state index contributed by atoms with van der Waals surface area (Å²) < 4.78 is 18.6. The van der Waals surface area contributed by atoms with Crippen molar-refractivity contribution in [2.75, 3.05) is 0 Å². The highest BCUT2D eigenvalue weighted by atomic mass is 32.1. The molecule has 0 unspecified atom stereocenters. The lowest BCUT2D eigenvalue weighted by atomic mass is 10.1. The SMILES string of the molecule is O=C(NCc1cccs1)c1ccc(-c2nc(-c3cccc(F)c3)no2)cc1. The van der Waals surface area contributed by atoms with Gasteiger partial charge in [-0.2, -0.15) is 4.98 Å². The molecule has 2 heterocycles. The van der Waals surface area contributed by atoms with Gasteiger partial charge in [-0.1, -0.05) is 23.4 Å². The van der Waals surface area contributed by atoms with E-state index in [1.54, 1.807) is 47.7 Å². The molecule has 0 atom stereocenters. The molecular formula is C20H14FN3O2S. The molecule has 7 heteroatoms. The summed E-state index contributed by atoms with van der Waals surface area (Å²) in [5.41, 5.74) is 1.76. The van der Waals surface area contributed by atoms with Gasteiger partial charge in [0.2, 0.25) is 5.82 Å². The molecule has 1 amide bonds. The summed E-state index contributed by atoms with van der Waals surface area (Å²) in [5.74, 6) is 0.0970. The van der Waals surface area contributed by atoms with Gasteiger partial charge in [0.15, 0.2) is 0 Å². The van der Waals surface area contributed by atoms with Gasteiger partial charge in [0.05, 0.1) is 6.54 Å². The van der Waals surface area contributed by atoms with Gasteiger partial charge in [-0.3, -0.25) is 4.79 Å². The average molecular weight is 379 g/mol. The number of amides is 1. The topological polar surface area (TPSA) is 68.0 Å². The number of hydrogen-bond donors (Lipinski definition) is 1. The van der Waals surface area contributed by atoms with E-state index in [0.717, 1.165) is 4.88 Å². The number of nitrogens with zero attached hydrogens (tertiary/aromatic N) is 2. The van der Waals surface area contributed by atoms with Crippen LogP contribution in [0.2, 0.25) is 0 Å². The van der Waals surface area contributed by atoms with Crippen LogP contribution < -0.4 is 5.32 Å². The molecule has 0 saturated heterocycles. The van der Waals surface area contributed by atoms with E-state index in [-0.39, 0.29) is 11.7 Å². The molecule has 1 N–H and O–H groups in total. The molecule has 2 aromatic heterocycles. The first kappa shape index (κ1) is 17.1. The molecule has 0 bridgehead atoms. The zero-order valence-corrected chi connectivity index (χ0v) is 14.9.